The van der Waals surface area contributed by atoms with Gasteiger partial charge in [-0.05, 0) is 6.42 Å². The van der Waals surface area contributed by atoms with Gasteiger partial charge in [0, 0.05) is 6.61 Å². The van der Waals surface area contributed by atoms with Gasteiger partial charge in [-0.1, -0.05) is 51.9 Å². The minimum atomic E-state index is -2.34. The van der Waals surface area contributed by atoms with Crippen molar-refractivity contribution in [1.29, 1.82) is 0 Å². The fourth-order valence-electron chi connectivity index (χ4n) is 3.97. The van der Waals surface area contributed by atoms with Gasteiger partial charge in [-0.3, -0.25) is 4.79 Å². The second-order valence-electron chi connectivity index (χ2n) is 10.5. The summed E-state index contributed by atoms with van der Waals surface area (Å²) in [5.41, 5.74) is 0. The molecule has 1 aromatic carbocycles. The average molecular weight is 705 g/mol. The highest BCUT2D eigenvalue weighted by Gasteiger charge is 2.28. The summed E-state index contributed by atoms with van der Waals surface area (Å²) < 4.78 is 114. The molecular weight excluding hydrogens is 651 g/mol. The van der Waals surface area contributed by atoms with Crippen molar-refractivity contribution in [2.45, 2.75) is 64.7 Å². The summed E-state index contributed by atoms with van der Waals surface area (Å²) >= 11 is 0. The fraction of sp³-hybridized carbons (Fsp3) is 0.788. The van der Waals surface area contributed by atoms with E-state index >= 15 is 0 Å². The van der Waals surface area contributed by atoms with Crippen LogP contribution in [0.2, 0.25) is 0 Å². The zero-order chi connectivity index (χ0) is 35.1. The molecule has 1 aromatic rings. The molecule has 10 nitrogen and oxygen atoms in total. The SMILES string of the molecule is CCCCCCCCCCOCCOCCOCCOCCOCCOCCOCCOCCC(=O)Oc1c(F)c(F)c(F)c(F)c1F. The van der Waals surface area contributed by atoms with Gasteiger partial charge in [-0.25, -0.2) is 13.2 Å². The molecule has 0 amide bonds. The van der Waals surface area contributed by atoms with E-state index in [1.165, 1.54) is 44.9 Å². The molecule has 0 aliphatic carbocycles. The highest BCUT2D eigenvalue weighted by atomic mass is 19.2. The molecule has 1 rings (SSSR count). The van der Waals surface area contributed by atoms with Crippen molar-refractivity contribution in [1.82, 2.24) is 0 Å². The van der Waals surface area contributed by atoms with Gasteiger partial charge in [-0.2, -0.15) is 8.78 Å². The Morgan fingerprint density at radius 1 is 0.396 bits per heavy atom. The molecule has 0 saturated carbocycles. The summed E-state index contributed by atoms with van der Waals surface area (Å²) in [6.45, 7) is 8.45. The van der Waals surface area contributed by atoms with Crippen molar-refractivity contribution in [3.05, 3.63) is 29.1 Å². The summed E-state index contributed by atoms with van der Waals surface area (Å²) in [4.78, 5) is 11.6. The lowest BCUT2D eigenvalue weighted by Crippen LogP contribution is -2.16. The van der Waals surface area contributed by atoms with E-state index in [1.807, 2.05) is 0 Å². The maximum atomic E-state index is 13.5. The first-order valence-electron chi connectivity index (χ1n) is 16.7. The van der Waals surface area contributed by atoms with Gasteiger partial charge in [0.2, 0.25) is 34.8 Å². The van der Waals surface area contributed by atoms with Crippen molar-refractivity contribution in [2.24, 2.45) is 0 Å². The topological polar surface area (TPSA) is 100 Å². The standard InChI is InChI=1S/C33H53F5O10/c1-2-3-4-5-6-7-8-9-11-40-13-15-42-17-19-44-21-23-46-25-26-47-24-22-45-20-18-43-16-14-41-12-10-27(39)48-33-31(37)29(35)28(34)30(36)32(33)38/h2-26H2,1H3. The Labute approximate surface area is 280 Å². The molecule has 0 N–H and O–H groups in total. The summed E-state index contributed by atoms with van der Waals surface area (Å²) in [5, 5.41) is 0. The van der Waals surface area contributed by atoms with Gasteiger partial charge < -0.3 is 42.6 Å². The minimum absolute atomic E-state index is 0.0899. The number of carbonyl (C=O) groups excluding carboxylic acids is 1. The Hall–Kier alpha value is -1.98. The Balaban J connectivity index is 1.75. The van der Waals surface area contributed by atoms with Crippen LogP contribution in [0, 0.1) is 29.1 Å². The van der Waals surface area contributed by atoms with Gasteiger partial charge in [0.05, 0.1) is 106 Å². The lowest BCUT2D eigenvalue weighted by molar-refractivity contribution is -0.136. The first kappa shape index (κ1) is 44.0. The van der Waals surface area contributed by atoms with Crippen LogP contribution >= 0.6 is 0 Å². The van der Waals surface area contributed by atoms with Crippen LogP contribution in [0.4, 0.5) is 22.0 Å². The van der Waals surface area contributed by atoms with Crippen LogP contribution in [0.25, 0.3) is 0 Å². The first-order valence-corrected chi connectivity index (χ1v) is 16.7. The van der Waals surface area contributed by atoms with Crippen LogP contribution in [0.15, 0.2) is 0 Å². The number of hydrogen-bond acceptors (Lipinski definition) is 10. The predicted molar refractivity (Wildman–Crippen MR) is 166 cm³/mol. The quantitative estimate of drug-likeness (QED) is 0.0214. The van der Waals surface area contributed by atoms with Crippen LogP contribution in [0.1, 0.15) is 64.7 Å². The molecular formula is C33H53F5O10. The summed E-state index contributed by atoms with van der Waals surface area (Å²) in [5.74, 6) is -14.1. The van der Waals surface area contributed by atoms with E-state index in [4.69, 9.17) is 37.9 Å². The number of unbranched alkanes of at least 4 members (excludes halogenated alkanes) is 7. The van der Waals surface area contributed by atoms with E-state index in [1.54, 1.807) is 0 Å². The summed E-state index contributed by atoms with van der Waals surface area (Å²) in [7, 11) is 0. The van der Waals surface area contributed by atoms with Crippen LogP contribution < -0.4 is 4.74 Å². The van der Waals surface area contributed by atoms with Gasteiger partial charge in [0.15, 0.2) is 0 Å². The molecule has 0 atom stereocenters. The number of halogens is 5. The number of benzene rings is 1. The monoisotopic (exact) mass is 704 g/mol. The van der Waals surface area contributed by atoms with Gasteiger partial charge in [-0.15, -0.1) is 0 Å². The maximum Gasteiger partial charge on any atom is 0.313 e. The fourth-order valence-corrected chi connectivity index (χ4v) is 3.97. The molecule has 15 heteroatoms. The highest BCUT2D eigenvalue weighted by Crippen LogP contribution is 2.29. The van der Waals surface area contributed by atoms with Crippen molar-refractivity contribution in [2.75, 3.05) is 106 Å². The maximum absolute atomic E-state index is 13.5. The zero-order valence-corrected chi connectivity index (χ0v) is 28.1. The Bertz CT molecular complexity index is 916. The van der Waals surface area contributed by atoms with E-state index < -0.39 is 47.2 Å². The summed E-state index contributed by atoms with van der Waals surface area (Å²) in [6, 6.07) is 0. The van der Waals surface area contributed by atoms with Crippen molar-refractivity contribution >= 4 is 5.97 Å². The number of rotatable bonds is 34. The largest absolute Gasteiger partial charge is 0.420 e. The molecule has 0 spiro atoms. The lowest BCUT2D eigenvalue weighted by atomic mass is 10.1. The molecule has 0 unspecified atom stereocenters. The van der Waals surface area contributed by atoms with Crippen LogP contribution in [-0.2, 0) is 42.7 Å². The molecule has 0 saturated heterocycles. The minimum Gasteiger partial charge on any atom is -0.420 e. The molecule has 0 aliphatic rings. The number of ether oxygens (including phenoxy) is 9. The van der Waals surface area contributed by atoms with E-state index in [0.29, 0.717) is 72.7 Å². The smallest absolute Gasteiger partial charge is 0.313 e. The third-order valence-electron chi connectivity index (χ3n) is 6.58. The van der Waals surface area contributed by atoms with Gasteiger partial charge >= 0.3 is 5.97 Å². The van der Waals surface area contributed by atoms with Crippen LogP contribution in [0.3, 0.4) is 0 Å². The van der Waals surface area contributed by atoms with E-state index in [2.05, 4.69) is 11.7 Å². The zero-order valence-electron chi connectivity index (χ0n) is 28.1. The Kier molecular flexibility index (Phi) is 28.5. The second kappa shape index (κ2) is 31.0. The van der Waals surface area contributed by atoms with Crippen LogP contribution in [-0.4, -0.2) is 112 Å². The summed E-state index contributed by atoms with van der Waals surface area (Å²) in [6.07, 6.45) is 9.84. The van der Waals surface area contributed by atoms with E-state index in [-0.39, 0.29) is 26.4 Å². The molecule has 0 aromatic heterocycles. The lowest BCUT2D eigenvalue weighted by Gasteiger charge is -2.09. The molecule has 0 aliphatic heterocycles. The Morgan fingerprint density at radius 3 is 1.06 bits per heavy atom. The van der Waals surface area contributed by atoms with Gasteiger partial charge in [0.1, 0.15) is 0 Å². The third-order valence-corrected chi connectivity index (χ3v) is 6.58. The first-order chi connectivity index (χ1) is 23.4. The predicted octanol–water partition coefficient (Wildman–Crippen LogP) is 5.95. The molecule has 48 heavy (non-hydrogen) atoms. The third kappa shape index (κ3) is 22.6. The van der Waals surface area contributed by atoms with Crippen molar-refractivity contribution in [3.63, 3.8) is 0 Å². The molecule has 0 heterocycles. The molecule has 0 radical (unpaired) electrons. The van der Waals surface area contributed by atoms with Crippen molar-refractivity contribution in [3.8, 4) is 5.75 Å². The van der Waals surface area contributed by atoms with E-state index in [9.17, 15) is 26.7 Å². The number of carbonyl (C=O) groups is 1. The number of hydrogen-bond donors (Lipinski definition) is 0. The Morgan fingerprint density at radius 2 is 0.688 bits per heavy atom. The average Bonchev–Trinajstić information content (AvgIpc) is 3.08. The normalized spacial score (nSPS) is 11.5. The van der Waals surface area contributed by atoms with Gasteiger partial charge in [0.25, 0.3) is 0 Å². The van der Waals surface area contributed by atoms with Crippen LogP contribution in [0.5, 0.6) is 5.75 Å². The number of esters is 1. The molecule has 280 valence electrons. The van der Waals surface area contributed by atoms with Crippen molar-refractivity contribution < 1.29 is 69.4 Å². The second-order valence-corrected chi connectivity index (χ2v) is 10.5. The molecule has 0 fully saturated rings. The molecule has 0 bridgehead atoms. The highest BCUT2D eigenvalue weighted by molar-refractivity contribution is 5.72. The van der Waals surface area contributed by atoms with E-state index in [0.717, 1.165) is 13.0 Å².